The number of aryl methyl sites for hydroxylation is 1. The van der Waals surface area contributed by atoms with Crippen molar-refractivity contribution >= 4 is 29.1 Å². The molecule has 2 amide bonds. The topological polar surface area (TPSA) is 67.4 Å². The molecule has 0 spiro atoms. The monoisotopic (exact) mass is 332 g/mol. The first-order valence-corrected chi connectivity index (χ1v) is 7.35. The highest BCUT2D eigenvalue weighted by molar-refractivity contribution is 6.31. The third-order valence-electron chi connectivity index (χ3n) is 3.13. The number of carbonyl (C=O) groups is 2. The van der Waals surface area contributed by atoms with E-state index in [4.69, 9.17) is 16.3 Å². The van der Waals surface area contributed by atoms with E-state index in [0.29, 0.717) is 22.0 Å². The van der Waals surface area contributed by atoms with Crippen LogP contribution in [0.5, 0.6) is 5.75 Å². The van der Waals surface area contributed by atoms with Crippen LogP contribution in [-0.2, 0) is 4.79 Å². The van der Waals surface area contributed by atoms with Gasteiger partial charge in [-0.25, -0.2) is 0 Å². The number of methoxy groups -OCH3 is 1. The number of hydrogen-bond acceptors (Lipinski definition) is 3. The third-order valence-corrected chi connectivity index (χ3v) is 3.36. The van der Waals surface area contributed by atoms with E-state index in [2.05, 4.69) is 10.6 Å². The van der Waals surface area contributed by atoms with Crippen molar-refractivity contribution in [2.24, 2.45) is 0 Å². The largest absolute Gasteiger partial charge is 0.495 e. The van der Waals surface area contributed by atoms with Crippen LogP contribution in [0.1, 0.15) is 15.9 Å². The van der Waals surface area contributed by atoms with Crippen molar-refractivity contribution in [1.82, 2.24) is 5.32 Å². The minimum absolute atomic E-state index is 0.150. The summed E-state index contributed by atoms with van der Waals surface area (Å²) in [4.78, 5) is 23.9. The van der Waals surface area contributed by atoms with Gasteiger partial charge in [0.2, 0.25) is 5.91 Å². The quantitative estimate of drug-likeness (QED) is 0.884. The molecule has 6 heteroatoms. The molecule has 2 aromatic carbocycles. The lowest BCUT2D eigenvalue weighted by molar-refractivity contribution is -0.115. The summed E-state index contributed by atoms with van der Waals surface area (Å²) in [5.41, 5.74) is 1.96. The first kappa shape index (κ1) is 16.8. The maximum Gasteiger partial charge on any atom is 0.251 e. The van der Waals surface area contributed by atoms with Gasteiger partial charge in [-0.3, -0.25) is 9.59 Å². The zero-order valence-corrected chi connectivity index (χ0v) is 13.6. The Balaban J connectivity index is 1.95. The van der Waals surface area contributed by atoms with Gasteiger partial charge in [-0.15, -0.1) is 0 Å². The summed E-state index contributed by atoms with van der Waals surface area (Å²) in [6.45, 7) is 1.76. The number of anilines is 1. The molecule has 2 rings (SSSR count). The Kier molecular flexibility index (Phi) is 5.60. The number of carbonyl (C=O) groups excluding carboxylic acids is 2. The Labute approximate surface area is 139 Å². The maximum atomic E-state index is 12.0. The standard InChI is InChI=1S/C17H17ClN2O3/c1-11-6-7-15(23-2)14(8-11)20-16(21)10-19-17(22)12-4-3-5-13(18)9-12/h3-9H,10H2,1-2H3,(H,19,22)(H,20,21). The van der Waals surface area contributed by atoms with Crippen molar-refractivity contribution in [2.75, 3.05) is 19.0 Å². The molecule has 2 aromatic rings. The van der Waals surface area contributed by atoms with E-state index in [9.17, 15) is 9.59 Å². The highest BCUT2D eigenvalue weighted by atomic mass is 35.5. The lowest BCUT2D eigenvalue weighted by atomic mass is 10.2. The second-order valence-electron chi connectivity index (χ2n) is 4.94. The van der Waals surface area contributed by atoms with Crippen molar-refractivity contribution in [3.05, 3.63) is 58.6 Å². The molecule has 120 valence electrons. The lowest BCUT2D eigenvalue weighted by Crippen LogP contribution is -2.32. The van der Waals surface area contributed by atoms with E-state index in [-0.39, 0.29) is 18.4 Å². The molecule has 23 heavy (non-hydrogen) atoms. The van der Waals surface area contributed by atoms with Crippen molar-refractivity contribution in [2.45, 2.75) is 6.92 Å². The van der Waals surface area contributed by atoms with Gasteiger partial charge in [-0.05, 0) is 42.8 Å². The summed E-state index contributed by atoms with van der Waals surface area (Å²) < 4.78 is 5.19. The van der Waals surface area contributed by atoms with Crippen molar-refractivity contribution in [1.29, 1.82) is 0 Å². The first-order chi connectivity index (χ1) is 11.0. The summed E-state index contributed by atoms with van der Waals surface area (Å²) in [5, 5.41) is 5.73. The van der Waals surface area contributed by atoms with Gasteiger partial charge < -0.3 is 15.4 Å². The van der Waals surface area contributed by atoms with Crippen molar-refractivity contribution < 1.29 is 14.3 Å². The van der Waals surface area contributed by atoms with E-state index in [1.807, 2.05) is 13.0 Å². The molecule has 0 atom stereocenters. The molecule has 0 aromatic heterocycles. The average Bonchev–Trinajstić information content (AvgIpc) is 2.53. The number of hydrogen-bond donors (Lipinski definition) is 2. The summed E-state index contributed by atoms with van der Waals surface area (Å²) in [5.74, 6) is -0.145. The van der Waals surface area contributed by atoms with Crippen LogP contribution in [0.4, 0.5) is 5.69 Å². The fourth-order valence-electron chi connectivity index (χ4n) is 2.01. The van der Waals surface area contributed by atoms with Crippen LogP contribution in [0.25, 0.3) is 0 Å². The molecular formula is C17H17ClN2O3. The maximum absolute atomic E-state index is 12.0. The molecule has 0 saturated heterocycles. The molecule has 0 saturated carbocycles. The SMILES string of the molecule is COc1ccc(C)cc1NC(=O)CNC(=O)c1cccc(Cl)c1. The molecule has 0 aliphatic rings. The van der Waals surface area contributed by atoms with Crippen LogP contribution in [0, 0.1) is 6.92 Å². The molecule has 0 aliphatic carbocycles. The van der Waals surface area contributed by atoms with E-state index in [1.54, 1.807) is 36.4 Å². The molecule has 0 unspecified atom stereocenters. The predicted molar refractivity (Wildman–Crippen MR) is 90.1 cm³/mol. The Morgan fingerprint density at radius 2 is 1.96 bits per heavy atom. The summed E-state index contributed by atoms with van der Waals surface area (Å²) in [6, 6.07) is 12.0. The van der Waals surface area contributed by atoms with Gasteiger partial charge >= 0.3 is 0 Å². The lowest BCUT2D eigenvalue weighted by Gasteiger charge is -2.11. The molecule has 2 N–H and O–H groups in total. The van der Waals surface area contributed by atoms with Gasteiger partial charge in [-0.2, -0.15) is 0 Å². The number of ether oxygens (including phenoxy) is 1. The van der Waals surface area contributed by atoms with E-state index in [1.165, 1.54) is 7.11 Å². The minimum Gasteiger partial charge on any atom is -0.495 e. The highest BCUT2D eigenvalue weighted by Crippen LogP contribution is 2.24. The predicted octanol–water partition coefficient (Wildman–Crippen LogP) is 3.03. The van der Waals surface area contributed by atoms with Crippen LogP contribution in [0.2, 0.25) is 5.02 Å². The van der Waals surface area contributed by atoms with E-state index in [0.717, 1.165) is 5.56 Å². The molecule has 0 fully saturated rings. The molecular weight excluding hydrogens is 316 g/mol. The van der Waals surface area contributed by atoms with Gasteiger partial charge in [0.25, 0.3) is 5.91 Å². The number of rotatable bonds is 5. The summed E-state index contributed by atoms with van der Waals surface area (Å²) >= 11 is 5.83. The number of halogens is 1. The van der Waals surface area contributed by atoms with Crippen molar-refractivity contribution in [3.63, 3.8) is 0 Å². The van der Waals surface area contributed by atoms with Crippen LogP contribution in [0.3, 0.4) is 0 Å². The zero-order valence-electron chi connectivity index (χ0n) is 12.9. The molecule has 0 bridgehead atoms. The van der Waals surface area contributed by atoms with E-state index >= 15 is 0 Å². The molecule has 0 radical (unpaired) electrons. The smallest absolute Gasteiger partial charge is 0.251 e. The Morgan fingerprint density at radius 1 is 1.17 bits per heavy atom. The van der Waals surface area contributed by atoms with Crippen LogP contribution < -0.4 is 15.4 Å². The average molecular weight is 333 g/mol. The molecule has 0 aliphatic heterocycles. The fraction of sp³-hybridized carbons (Fsp3) is 0.176. The fourth-order valence-corrected chi connectivity index (χ4v) is 2.20. The Morgan fingerprint density at radius 3 is 2.65 bits per heavy atom. The van der Waals surface area contributed by atoms with E-state index < -0.39 is 0 Å². The van der Waals surface area contributed by atoms with Gasteiger partial charge in [-0.1, -0.05) is 23.7 Å². The zero-order chi connectivity index (χ0) is 16.8. The second-order valence-corrected chi connectivity index (χ2v) is 5.38. The van der Waals surface area contributed by atoms with Gasteiger partial charge in [0.1, 0.15) is 5.75 Å². The Bertz CT molecular complexity index is 732. The molecule has 0 heterocycles. The number of benzene rings is 2. The first-order valence-electron chi connectivity index (χ1n) is 6.98. The number of nitrogens with one attached hydrogen (secondary N) is 2. The number of amides is 2. The van der Waals surface area contributed by atoms with Crippen LogP contribution in [-0.4, -0.2) is 25.5 Å². The second kappa shape index (κ2) is 7.65. The Hall–Kier alpha value is -2.53. The third kappa shape index (κ3) is 4.72. The summed E-state index contributed by atoms with van der Waals surface area (Å²) in [7, 11) is 1.53. The minimum atomic E-state index is -0.362. The summed E-state index contributed by atoms with van der Waals surface area (Å²) in [6.07, 6.45) is 0. The molecule has 5 nitrogen and oxygen atoms in total. The van der Waals surface area contributed by atoms with Crippen LogP contribution >= 0.6 is 11.6 Å². The van der Waals surface area contributed by atoms with Crippen LogP contribution in [0.15, 0.2) is 42.5 Å². The van der Waals surface area contributed by atoms with Gasteiger partial charge in [0.15, 0.2) is 0 Å². The normalized spacial score (nSPS) is 10.0. The van der Waals surface area contributed by atoms with Gasteiger partial charge in [0.05, 0.1) is 19.3 Å². The highest BCUT2D eigenvalue weighted by Gasteiger charge is 2.11. The van der Waals surface area contributed by atoms with Gasteiger partial charge in [0, 0.05) is 10.6 Å². The van der Waals surface area contributed by atoms with Crippen molar-refractivity contribution in [3.8, 4) is 5.75 Å².